The number of hydrogen-bond donors (Lipinski definition) is 3. The molecule has 0 aliphatic carbocycles. The number of nitrogens with one attached hydrogen (secondary N) is 1. The van der Waals surface area contributed by atoms with Crippen molar-refractivity contribution < 1.29 is 9.90 Å². The van der Waals surface area contributed by atoms with Crippen LogP contribution in [0.2, 0.25) is 0 Å². The molecule has 0 aliphatic rings. The van der Waals surface area contributed by atoms with Crippen LogP contribution >= 0.6 is 0 Å². The summed E-state index contributed by atoms with van der Waals surface area (Å²) in [6.07, 6.45) is 0. The zero-order valence-corrected chi connectivity index (χ0v) is 11.0. The predicted molar refractivity (Wildman–Crippen MR) is 80.7 cm³/mol. The molecule has 2 amide bonds. The molecule has 0 heterocycles. The first-order valence-electron chi connectivity index (χ1n) is 6.31. The number of nitrogens with two attached hydrogens (primary N) is 1. The van der Waals surface area contributed by atoms with Crippen molar-refractivity contribution in [1.29, 1.82) is 0 Å². The predicted octanol–water partition coefficient (Wildman–Crippen LogP) is 2.30. The average molecular weight is 271 g/mol. The second-order valence-electron chi connectivity index (χ2n) is 4.23. The monoisotopic (exact) mass is 271 g/mol. The lowest BCUT2D eigenvalue weighted by Gasteiger charge is -2.23. The SMILES string of the molecule is Nc1ccccc1N(CCO)C(=O)Nc1ccccc1. The van der Waals surface area contributed by atoms with E-state index in [1.165, 1.54) is 4.90 Å². The summed E-state index contributed by atoms with van der Waals surface area (Å²) in [5.74, 6) is 0. The number of hydrogen-bond acceptors (Lipinski definition) is 3. The number of urea groups is 1. The Morgan fingerprint density at radius 2 is 1.75 bits per heavy atom. The molecule has 104 valence electrons. The van der Waals surface area contributed by atoms with E-state index < -0.39 is 0 Å². The highest BCUT2D eigenvalue weighted by molar-refractivity contribution is 6.03. The van der Waals surface area contributed by atoms with Gasteiger partial charge in [-0.2, -0.15) is 0 Å². The lowest BCUT2D eigenvalue weighted by Crippen LogP contribution is -2.37. The van der Waals surface area contributed by atoms with E-state index in [9.17, 15) is 4.79 Å². The zero-order chi connectivity index (χ0) is 14.4. The van der Waals surface area contributed by atoms with E-state index >= 15 is 0 Å². The molecule has 0 bridgehead atoms. The Bertz CT molecular complexity index is 572. The molecular weight excluding hydrogens is 254 g/mol. The number of nitrogen functional groups attached to an aromatic ring is 1. The van der Waals surface area contributed by atoms with Crippen molar-refractivity contribution in [2.45, 2.75) is 0 Å². The number of amides is 2. The van der Waals surface area contributed by atoms with Gasteiger partial charge in [0.15, 0.2) is 0 Å². The summed E-state index contributed by atoms with van der Waals surface area (Å²) in [6, 6.07) is 15.9. The lowest BCUT2D eigenvalue weighted by atomic mass is 10.2. The van der Waals surface area contributed by atoms with E-state index in [0.29, 0.717) is 17.1 Å². The van der Waals surface area contributed by atoms with Gasteiger partial charge in [0, 0.05) is 5.69 Å². The number of para-hydroxylation sites is 3. The van der Waals surface area contributed by atoms with Crippen LogP contribution in [-0.4, -0.2) is 24.3 Å². The molecule has 0 aliphatic heterocycles. The molecule has 0 saturated carbocycles. The van der Waals surface area contributed by atoms with Crippen LogP contribution in [0.4, 0.5) is 21.9 Å². The van der Waals surface area contributed by atoms with Gasteiger partial charge < -0.3 is 16.2 Å². The fraction of sp³-hybridized carbons (Fsp3) is 0.133. The zero-order valence-electron chi connectivity index (χ0n) is 11.0. The highest BCUT2D eigenvalue weighted by atomic mass is 16.3. The topological polar surface area (TPSA) is 78.6 Å². The first kappa shape index (κ1) is 13.9. The van der Waals surface area contributed by atoms with E-state index in [-0.39, 0.29) is 19.2 Å². The number of carbonyl (C=O) groups excluding carboxylic acids is 1. The molecule has 2 aromatic rings. The molecule has 0 saturated heterocycles. The standard InChI is InChI=1S/C15H17N3O2/c16-13-8-4-5-9-14(13)18(10-11-19)15(20)17-12-6-2-1-3-7-12/h1-9,19H,10-11,16H2,(H,17,20). The quantitative estimate of drug-likeness (QED) is 0.747. The van der Waals surface area contributed by atoms with Crippen LogP contribution in [0.5, 0.6) is 0 Å². The Balaban J connectivity index is 2.20. The molecular formula is C15H17N3O2. The van der Waals surface area contributed by atoms with Gasteiger partial charge in [0.1, 0.15) is 0 Å². The normalized spacial score (nSPS) is 10.1. The summed E-state index contributed by atoms with van der Waals surface area (Å²) in [5, 5.41) is 11.9. The van der Waals surface area contributed by atoms with Gasteiger partial charge in [0.2, 0.25) is 0 Å². The van der Waals surface area contributed by atoms with Gasteiger partial charge in [-0.25, -0.2) is 4.79 Å². The van der Waals surface area contributed by atoms with Crippen molar-refractivity contribution in [2.75, 3.05) is 29.1 Å². The minimum absolute atomic E-state index is 0.142. The maximum atomic E-state index is 12.3. The molecule has 5 nitrogen and oxygen atoms in total. The maximum absolute atomic E-state index is 12.3. The molecule has 4 N–H and O–H groups in total. The van der Waals surface area contributed by atoms with Crippen LogP contribution in [0, 0.1) is 0 Å². The van der Waals surface area contributed by atoms with Gasteiger partial charge in [-0.15, -0.1) is 0 Å². The van der Waals surface area contributed by atoms with Crippen LogP contribution in [0.3, 0.4) is 0 Å². The van der Waals surface area contributed by atoms with E-state index in [1.54, 1.807) is 36.4 Å². The number of aliphatic hydroxyl groups excluding tert-OH is 1. The maximum Gasteiger partial charge on any atom is 0.326 e. The van der Waals surface area contributed by atoms with Crippen molar-refractivity contribution in [2.24, 2.45) is 0 Å². The van der Waals surface area contributed by atoms with Gasteiger partial charge in [-0.3, -0.25) is 4.90 Å². The van der Waals surface area contributed by atoms with E-state index in [4.69, 9.17) is 10.8 Å². The molecule has 20 heavy (non-hydrogen) atoms. The van der Waals surface area contributed by atoms with E-state index in [1.807, 2.05) is 18.2 Å². The molecule has 0 fully saturated rings. The molecule has 2 aromatic carbocycles. The third kappa shape index (κ3) is 3.27. The van der Waals surface area contributed by atoms with Crippen molar-refractivity contribution in [3.05, 3.63) is 54.6 Å². The van der Waals surface area contributed by atoms with E-state index in [2.05, 4.69) is 5.32 Å². The summed E-state index contributed by atoms with van der Waals surface area (Å²) >= 11 is 0. The van der Waals surface area contributed by atoms with Gasteiger partial charge in [-0.05, 0) is 24.3 Å². The summed E-state index contributed by atoms with van der Waals surface area (Å²) in [7, 11) is 0. The summed E-state index contributed by atoms with van der Waals surface area (Å²) < 4.78 is 0. The lowest BCUT2D eigenvalue weighted by molar-refractivity contribution is 0.252. The Labute approximate surface area is 117 Å². The molecule has 0 aromatic heterocycles. The van der Waals surface area contributed by atoms with Crippen molar-refractivity contribution >= 4 is 23.1 Å². The molecule has 0 spiro atoms. The minimum Gasteiger partial charge on any atom is -0.397 e. The third-order valence-electron chi connectivity index (χ3n) is 2.82. The smallest absolute Gasteiger partial charge is 0.326 e. The Kier molecular flexibility index (Phi) is 4.57. The Morgan fingerprint density at radius 1 is 1.10 bits per heavy atom. The number of benzene rings is 2. The van der Waals surface area contributed by atoms with Crippen LogP contribution in [-0.2, 0) is 0 Å². The second-order valence-corrected chi connectivity index (χ2v) is 4.23. The van der Waals surface area contributed by atoms with Crippen LogP contribution in [0.25, 0.3) is 0 Å². The van der Waals surface area contributed by atoms with Crippen molar-refractivity contribution in [1.82, 2.24) is 0 Å². The van der Waals surface area contributed by atoms with Gasteiger partial charge >= 0.3 is 6.03 Å². The molecule has 0 radical (unpaired) electrons. The van der Waals surface area contributed by atoms with Crippen LogP contribution < -0.4 is 16.0 Å². The summed E-state index contributed by atoms with van der Waals surface area (Å²) in [6.45, 7) is 0.0312. The van der Waals surface area contributed by atoms with Gasteiger partial charge in [-0.1, -0.05) is 30.3 Å². The number of aliphatic hydroxyl groups is 1. The van der Waals surface area contributed by atoms with Gasteiger partial charge in [0.05, 0.1) is 24.5 Å². The summed E-state index contributed by atoms with van der Waals surface area (Å²) in [4.78, 5) is 13.7. The fourth-order valence-corrected chi connectivity index (χ4v) is 1.88. The number of rotatable bonds is 4. The first-order chi connectivity index (χ1) is 9.72. The molecule has 2 rings (SSSR count). The third-order valence-corrected chi connectivity index (χ3v) is 2.82. The molecule has 0 unspecified atom stereocenters. The Morgan fingerprint density at radius 3 is 2.40 bits per heavy atom. The number of nitrogens with zero attached hydrogens (tertiary/aromatic N) is 1. The first-order valence-corrected chi connectivity index (χ1v) is 6.31. The average Bonchev–Trinajstić information content (AvgIpc) is 2.47. The minimum atomic E-state index is -0.330. The van der Waals surface area contributed by atoms with Crippen molar-refractivity contribution in [3.8, 4) is 0 Å². The summed E-state index contributed by atoms with van der Waals surface area (Å²) in [5.41, 5.74) is 7.64. The number of carbonyl (C=O) groups is 1. The highest BCUT2D eigenvalue weighted by Gasteiger charge is 2.17. The van der Waals surface area contributed by atoms with Gasteiger partial charge in [0.25, 0.3) is 0 Å². The molecule has 5 heteroatoms. The molecule has 0 atom stereocenters. The van der Waals surface area contributed by atoms with Crippen LogP contribution in [0.1, 0.15) is 0 Å². The van der Waals surface area contributed by atoms with Crippen LogP contribution in [0.15, 0.2) is 54.6 Å². The fourth-order valence-electron chi connectivity index (χ4n) is 1.88. The highest BCUT2D eigenvalue weighted by Crippen LogP contribution is 2.23. The number of anilines is 3. The van der Waals surface area contributed by atoms with Crippen molar-refractivity contribution in [3.63, 3.8) is 0 Å². The largest absolute Gasteiger partial charge is 0.397 e. The Hall–Kier alpha value is -2.53. The second kappa shape index (κ2) is 6.58. The van der Waals surface area contributed by atoms with E-state index in [0.717, 1.165) is 0 Å².